The maximum absolute atomic E-state index is 12.4. The van der Waals surface area contributed by atoms with Crippen molar-refractivity contribution in [2.75, 3.05) is 0 Å². The Labute approximate surface area is 152 Å². The van der Waals surface area contributed by atoms with Gasteiger partial charge in [0.2, 0.25) is 0 Å². The number of carbonyl (C=O) groups is 1. The van der Waals surface area contributed by atoms with E-state index in [-0.39, 0.29) is 5.78 Å². The van der Waals surface area contributed by atoms with Gasteiger partial charge in [0.15, 0.2) is 5.78 Å². The van der Waals surface area contributed by atoms with Gasteiger partial charge in [-0.15, -0.1) is 0 Å². The molecule has 0 aliphatic carbocycles. The van der Waals surface area contributed by atoms with Crippen LogP contribution in [-0.2, 0) is 6.42 Å². The first kappa shape index (κ1) is 16.2. The van der Waals surface area contributed by atoms with Gasteiger partial charge in [-0.2, -0.15) is 0 Å². The van der Waals surface area contributed by atoms with Crippen molar-refractivity contribution < 1.29 is 4.79 Å². The molecule has 0 N–H and O–H groups in total. The minimum Gasteiger partial charge on any atom is -0.294 e. The number of ketones is 1. The van der Waals surface area contributed by atoms with Crippen molar-refractivity contribution >= 4 is 16.7 Å². The average Bonchev–Trinajstić information content (AvgIpc) is 2.72. The van der Waals surface area contributed by atoms with E-state index in [0.29, 0.717) is 18.7 Å². The molecule has 0 radical (unpaired) electrons. The molecule has 0 saturated carbocycles. The molecule has 0 bridgehead atoms. The lowest BCUT2D eigenvalue weighted by Crippen LogP contribution is -2.05. The Morgan fingerprint density at radius 2 is 1.38 bits per heavy atom. The lowest BCUT2D eigenvalue weighted by Gasteiger charge is -2.09. The summed E-state index contributed by atoms with van der Waals surface area (Å²) in [4.78, 5) is 21.8. The fourth-order valence-corrected chi connectivity index (χ4v) is 3.05. The van der Waals surface area contributed by atoms with Gasteiger partial charge in [-0.05, 0) is 6.07 Å². The van der Waals surface area contributed by atoms with Crippen LogP contribution in [0.15, 0.2) is 84.9 Å². The molecular weight excluding hydrogens is 320 g/mol. The van der Waals surface area contributed by atoms with Gasteiger partial charge in [0, 0.05) is 29.4 Å². The van der Waals surface area contributed by atoms with Gasteiger partial charge in [0.05, 0.1) is 11.2 Å². The van der Waals surface area contributed by atoms with E-state index >= 15 is 0 Å². The van der Waals surface area contributed by atoms with Gasteiger partial charge in [0.1, 0.15) is 5.82 Å². The van der Waals surface area contributed by atoms with E-state index in [1.54, 1.807) is 0 Å². The third-order valence-electron chi connectivity index (χ3n) is 4.37. The van der Waals surface area contributed by atoms with Gasteiger partial charge in [0.25, 0.3) is 0 Å². The Morgan fingerprint density at radius 1 is 0.731 bits per heavy atom. The van der Waals surface area contributed by atoms with E-state index in [9.17, 15) is 4.79 Å². The molecule has 4 aromatic rings. The Kier molecular flexibility index (Phi) is 4.52. The van der Waals surface area contributed by atoms with Crippen molar-refractivity contribution in [3.63, 3.8) is 0 Å². The number of carbonyl (C=O) groups excluding carboxylic acids is 1. The number of Topliss-reactive ketones (excluding diaryl/α,β-unsaturated/α-hetero) is 1. The standard InChI is InChI=1S/C23H18N2O/c26-21(17-9-3-1-4-10-17)15-16-22-24-20-14-8-7-13-19(20)23(25-22)18-11-5-2-6-12-18/h1-14H,15-16H2. The molecule has 126 valence electrons. The van der Waals surface area contributed by atoms with Crippen molar-refractivity contribution in [3.05, 3.63) is 96.3 Å². The number of rotatable bonds is 5. The highest BCUT2D eigenvalue weighted by molar-refractivity contribution is 5.96. The second-order valence-electron chi connectivity index (χ2n) is 6.16. The zero-order valence-electron chi connectivity index (χ0n) is 14.3. The second-order valence-corrected chi connectivity index (χ2v) is 6.16. The molecule has 0 saturated heterocycles. The van der Waals surface area contributed by atoms with Crippen LogP contribution >= 0.6 is 0 Å². The van der Waals surface area contributed by atoms with Crippen LogP contribution in [0.5, 0.6) is 0 Å². The lowest BCUT2D eigenvalue weighted by atomic mass is 10.0. The topological polar surface area (TPSA) is 42.9 Å². The summed E-state index contributed by atoms with van der Waals surface area (Å²) in [5, 5.41) is 1.02. The summed E-state index contributed by atoms with van der Waals surface area (Å²) >= 11 is 0. The average molecular weight is 338 g/mol. The fourth-order valence-electron chi connectivity index (χ4n) is 3.05. The normalized spacial score (nSPS) is 10.8. The minimum atomic E-state index is 0.114. The Hall–Kier alpha value is -3.33. The molecular formula is C23H18N2O. The molecule has 4 rings (SSSR count). The van der Waals surface area contributed by atoms with Crippen molar-refractivity contribution in [2.45, 2.75) is 12.8 Å². The first-order valence-electron chi connectivity index (χ1n) is 8.70. The summed E-state index contributed by atoms with van der Waals surface area (Å²) in [5.74, 6) is 0.815. The summed E-state index contributed by atoms with van der Waals surface area (Å²) in [6, 6.07) is 27.5. The van der Waals surface area contributed by atoms with Crippen LogP contribution in [0.4, 0.5) is 0 Å². The number of benzene rings is 3. The van der Waals surface area contributed by atoms with Gasteiger partial charge in [-0.1, -0.05) is 78.9 Å². The van der Waals surface area contributed by atoms with E-state index < -0.39 is 0 Å². The number of hydrogen-bond acceptors (Lipinski definition) is 3. The van der Waals surface area contributed by atoms with Crippen LogP contribution in [0, 0.1) is 0 Å². The predicted octanol–water partition coefficient (Wildman–Crippen LogP) is 5.11. The van der Waals surface area contributed by atoms with Gasteiger partial charge in [-0.25, -0.2) is 9.97 Å². The van der Waals surface area contributed by atoms with Crippen LogP contribution in [0.25, 0.3) is 22.2 Å². The van der Waals surface area contributed by atoms with Crippen molar-refractivity contribution in [3.8, 4) is 11.3 Å². The van der Waals surface area contributed by atoms with Crippen LogP contribution in [-0.4, -0.2) is 15.8 Å². The maximum atomic E-state index is 12.4. The second kappa shape index (κ2) is 7.28. The first-order chi connectivity index (χ1) is 12.8. The molecule has 3 heteroatoms. The molecule has 0 atom stereocenters. The summed E-state index contributed by atoms with van der Waals surface area (Å²) in [6.45, 7) is 0. The number of fused-ring (bicyclic) bond motifs is 1. The van der Waals surface area contributed by atoms with Crippen LogP contribution in [0.2, 0.25) is 0 Å². The van der Waals surface area contributed by atoms with Gasteiger partial charge >= 0.3 is 0 Å². The molecule has 0 spiro atoms. The summed E-state index contributed by atoms with van der Waals surface area (Å²) in [5.41, 5.74) is 3.61. The molecule has 3 aromatic carbocycles. The van der Waals surface area contributed by atoms with Crippen LogP contribution in [0.3, 0.4) is 0 Å². The number of aromatic nitrogens is 2. The summed E-state index contributed by atoms with van der Waals surface area (Å²) < 4.78 is 0. The van der Waals surface area contributed by atoms with Crippen LogP contribution in [0.1, 0.15) is 22.6 Å². The van der Waals surface area contributed by atoms with Crippen molar-refractivity contribution in [1.82, 2.24) is 9.97 Å². The molecule has 3 nitrogen and oxygen atoms in total. The number of aryl methyl sites for hydroxylation is 1. The van der Waals surface area contributed by atoms with Gasteiger partial charge < -0.3 is 0 Å². The molecule has 0 aliphatic heterocycles. The SMILES string of the molecule is O=C(CCc1nc(-c2ccccc2)c2ccccc2n1)c1ccccc1. The molecule has 1 heterocycles. The lowest BCUT2D eigenvalue weighted by molar-refractivity contribution is 0.0982. The molecule has 0 fully saturated rings. The van der Waals surface area contributed by atoms with E-state index in [1.807, 2.05) is 84.9 Å². The summed E-state index contributed by atoms with van der Waals surface area (Å²) in [6.07, 6.45) is 0.926. The third kappa shape index (κ3) is 3.38. The summed E-state index contributed by atoms with van der Waals surface area (Å²) in [7, 11) is 0. The molecule has 0 aliphatic rings. The minimum absolute atomic E-state index is 0.114. The fraction of sp³-hybridized carbons (Fsp3) is 0.0870. The first-order valence-corrected chi connectivity index (χ1v) is 8.70. The van der Waals surface area contributed by atoms with E-state index in [1.165, 1.54) is 0 Å². The maximum Gasteiger partial charge on any atom is 0.163 e. The number of nitrogens with zero attached hydrogens (tertiary/aromatic N) is 2. The largest absolute Gasteiger partial charge is 0.294 e. The Bertz CT molecular complexity index is 1040. The van der Waals surface area contributed by atoms with E-state index in [2.05, 4.69) is 4.98 Å². The van der Waals surface area contributed by atoms with E-state index in [4.69, 9.17) is 4.98 Å². The van der Waals surface area contributed by atoms with E-state index in [0.717, 1.165) is 27.7 Å². The predicted molar refractivity (Wildman–Crippen MR) is 104 cm³/mol. The van der Waals surface area contributed by atoms with Gasteiger partial charge in [-0.3, -0.25) is 4.79 Å². The Balaban J connectivity index is 1.67. The highest BCUT2D eigenvalue weighted by atomic mass is 16.1. The molecule has 26 heavy (non-hydrogen) atoms. The van der Waals surface area contributed by atoms with Crippen molar-refractivity contribution in [2.24, 2.45) is 0 Å². The van der Waals surface area contributed by atoms with Crippen molar-refractivity contribution in [1.29, 1.82) is 0 Å². The van der Waals surface area contributed by atoms with Crippen LogP contribution < -0.4 is 0 Å². The quantitative estimate of drug-likeness (QED) is 0.475. The number of para-hydroxylation sites is 1. The highest BCUT2D eigenvalue weighted by Crippen LogP contribution is 2.26. The number of hydrogen-bond donors (Lipinski definition) is 0. The smallest absolute Gasteiger partial charge is 0.163 e. The monoisotopic (exact) mass is 338 g/mol. The highest BCUT2D eigenvalue weighted by Gasteiger charge is 2.11. The molecule has 0 unspecified atom stereocenters. The molecule has 1 aromatic heterocycles. The third-order valence-corrected chi connectivity index (χ3v) is 4.37. The Morgan fingerprint density at radius 3 is 2.15 bits per heavy atom. The molecule has 0 amide bonds. The zero-order valence-corrected chi connectivity index (χ0v) is 14.3. The zero-order chi connectivity index (χ0) is 17.8.